The molecule has 3 N–H and O–H groups in total. The first-order chi connectivity index (χ1) is 16.1. The van der Waals surface area contributed by atoms with Gasteiger partial charge in [-0.15, -0.1) is 16.9 Å². The predicted octanol–water partition coefficient (Wildman–Crippen LogP) is 4.22. The van der Waals surface area contributed by atoms with Crippen molar-refractivity contribution in [3.8, 4) is 0 Å². The van der Waals surface area contributed by atoms with Gasteiger partial charge in [-0.3, -0.25) is 4.79 Å². The Morgan fingerprint density at radius 3 is 2.58 bits per heavy atom. The highest BCUT2D eigenvalue weighted by Crippen LogP contribution is 2.27. The van der Waals surface area contributed by atoms with Crippen LogP contribution in [0, 0.1) is 0 Å². The van der Waals surface area contributed by atoms with Crippen LogP contribution >= 0.6 is 23.4 Å². The number of ether oxygens (including phenoxy) is 1. The SMILES string of the molecule is Nc1nnc(CN(Cc2ccc(NC3CCOCC3)cc2)C(=O)CSc2ccccc2Cl)o1. The summed E-state index contributed by atoms with van der Waals surface area (Å²) in [6, 6.07) is 16.0. The molecule has 2 heterocycles. The predicted molar refractivity (Wildman–Crippen MR) is 129 cm³/mol. The van der Waals surface area contributed by atoms with Gasteiger partial charge in [0.25, 0.3) is 0 Å². The lowest BCUT2D eigenvalue weighted by molar-refractivity contribution is -0.129. The Morgan fingerprint density at radius 1 is 1.12 bits per heavy atom. The van der Waals surface area contributed by atoms with Gasteiger partial charge < -0.3 is 25.1 Å². The molecular formula is C23H26ClN5O3S. The van der Waals surface area contributed by atoms with Crippen LogP contribution in [0.2, 0.25) is 5.02 Å². The highest BCUT2D eigenvalue weighted by atomic mass is 35.5. The number of amides is 1. The molecule has 4 rings (SSSR count). The third-order valence-corrected chi connectivity index (χ3v) is 6.77. The van der Waals surface area contributed by atoms with Gasteiger partial charge in [0.1, 0.15) is 0 Å². The third-order valence-electron chi connectivity index (χ3n) is 5.27. The van der Waals surface area contributed by atoms with E-state index in [1.807, 2.05) is 48.5 Å². The van der Waals surface area contributed by atoms with Crippen LogP contribution in [0.15, 0.2) is 57.8 Å². The lowest BCUT2D eigenvalue weighted by Gasteiger charge is -2.24. The van der Waals surface area contributed by atoms with E-state index < -0.39 is 0 Å². The molecule has 3 aromatic rings. The summed E-state index contributed by atoms with van der Waals surface area (Å²) in [7, 11) is 0. The molecule has 1 aromatic heterocycles. The van der Waals surface area contributed by atoms with E-state index in [0.717, 1.165) is 42.2 Å². The standard InChI is InChI=1S/C23H26ClN5O3S/c24-19-3-1-2-4-20(19)33-15-22(30)29(14-21-27-28-23(25)32-21)13-16-5-7-17(8-6-16)26-18-9-11-31-12-10-18/h1-8,18,26H,9-15H2,(H2,25,28). The number of anilines is 2. The number of nitrogens with two attached hydrogens (primary N) is 1. The molecule has 8 nitrogen and oxygen atoms in total. The Hall–Kier alpha value is -2.75. The molecule has 0 bridgehead atoms. The van der Waals surface area contributed by atoms with E-state index in [1.165, 1.54) is 11.8 Å². The van der Waals surface area contributed by atoms with Gasteiger partial charge in [0.2, 0.25) is 11.8 Å². The fourth-order valence-electron chi connectivity index (χ4n) is 3.52. The molecule has 0 aliphatic carbocycles. The lowest BCUT2D eigenvalue weighted by Crippen LogP contribution is -2.31. The summed E-state index contributed by atoms with van der Waals surface area (Å²) >= 11 is 7.63. The van der Waals surface area contributed by atoms with Crippen molar-refractivity contribution < 1.29 is 13.9 Å². The molecule has 10 heteroatoms. The van der Waals surface area contributed by atoms with Crippen LogP contribution in [0.25, 0.3) is 0 Å². The average Bonchev–Trinajstić information content (AvgIpc) is 3.24. The Balaban J connectivity index is 1.41. The molecule has 0 saturated carbocycles. The fourth-order valence-corrected chi connectivity index (χ4v) is 4.66. The average molecular weight is 488 g/mol. The Kier molecular flexibility index (Phi) is 8.09. The molecule has 1 saturated heterocycles. The second-order valence-corrected chi connectivity index (χ2v) is 9.16. The van der Waals surface area contributed by atoms with Crippen LogP contribution in [0.3, 0.4) is 0 Å². The lowest BCUT2D eigenvalue weighted by atomic mass is 10.1. The van der Waals surface area contributed by atoms with Crippen LogP contribution in [0.5, 0.6) is 0 Å². The summed E-state index contributed by atoms with van der Waals surface area (Å²) in [5.74, 6) is 0.457. The van der Waals surface area contributed by atoms with Crippen molar-refractivity contribution in [2.24, 2.45) is 0 Å². The monoisotopic (exact) mass is 487 g/mol. The van der Waals surface area contributed by atoms with Crippen LogP contribution in [0.1, 0.15) is 24.3 Å². The molecular weight excluding hydrogens is 462 g/mol. The number of carbonyl (C=O) groups excluding carboxylic acids is 1. The molecule has 1 aliphatic rings. The van der Waals surface area contributed by atoms with Gasteiger partial charge in [-0.25, -0.2) is 0 Å². The van der Waals surface area contributed by atoms with Gasteiger partial charge in [0.15, 0.2) is 0 Å². The van der Waals surface area contributed by atoms with Crippen molar-refractivity contribution in [2.75, 3.05) is 30.0 Å². The van der Waals surface area contributed by atoms with Gasteiger partial charge in [0, 0.05) is 36.4 Å². The molecule has 0 atom stereocenters. The fraction of sp³-hybridized carbons (Fsp3) is 0.348. The van der Waals surface area contributed by atoms with E-state index in [2.05, 4.69) is 15.5 Å². The Bertz CT molecular complexity index is 1060. The summed E-state index contributed by atoms with van der Waals surface area (Å²) in [5.41, 5.74) is 7.60. The molecule has 1 aliphatic heterocycles. The first-order valence-electron chi connectivity index (χ1n) is 10.7. The summed E-state index contributed by atoms with van der Waals surface area (Å²) in [4.78, 5) is 15.6. The quantitative estimate of drug-likeness (QED) is 0.432. The zero-order valence-electron chi connectivity index (χ0n) is 18.1. The highest BCUT2D eigenvalue weighted by molar-refractivity contribution is 8.00. The second-order valence-electron chi connectivity index (χ2n) is 7.73. The number of hydrogen-bond acceptors (Lipinski definition) is 8. The summed E-state index contributed by atoms with van der Waals surface area (Å²) in [6.07, 6.45) is 2.00. The van der Waals surface area contributed by atoms with E-state index in [4.69, 9.17) is 26.5 Å². The van der Waals surface area contributed by atoms with Crippen molar-refractivity contribution >= 4 is 41.0 Å². The van der Waals surface area contributed by atoms with Crippen LogP contribution < -0.4 is 11.1 Å². The van der Waals surface area contributed by atoms with Crippen molar-refractivity contribution in [1.82, 2.24) is 15.1 Å². The number of halogens is 1. The van der Waals surface area contributed by atoms with E-state index in [1.54, 1.807) is 4.90 Å². The zero-order valence-corrected chi connectivity index (χ0v) is 19.6. The molecule has 0 unspecified atom stereocenters. The number of nitrogens with one attached hydrogen (secondary N) is 1. The molecule has 1 fully saturated rings. The van der Waals surface area contributed by atoms with Crippen molar-refractivity contribution in [2.45, 2.75) is 36.9 Å². The summed E-state index contributed by atoms with van der Waals surface area (Å²) in [5, 5.41) is 11.8. The highest BCUT2D eigenvalue weighted by Gasteiger charge is 2.19. The van der Waals surface area contributed by atoms with Crippen molar-refractivity contribution in [3.63, 3.8) is 0 Å². The van der Waals surface area contributed by atoms with Crippen LogP contribution in [-0.2, 0) is 22.6 Å². The molecule has 174 valence electrons. The Morgan fingerprint density at radius 2 is 1.88 bits per heavy atom. The first-order valence-corrected chi connectivity index (χ1v) is 12.1. The molecule has 2 aromatic carbocycles. The van der Waals surface area contributed by atoms with Gasteiger partial charge >= 0.3 is 6.01 Å². The van der Waals surface area contributed by atoms with Gasteiger partial charge in [-0.2, -0.15) is 0 Å². The normalized spacial score (nSPS) is 14.2. The number of benzene rings is 2. The maximum absolute atomic E-state index is 13.1. The molecule has 33 heavy (non-hydrogen) atoms. The smallest absolute Gasteiger partial charge is 0.312 e. The number of hydrogen-bond donors (Lipinski definition) is 2. The van der Waals surface area contributed by atoms with E-state index >= 15 is 0 Å². The number of nitrogens with zero attached hydrogens (tertiary/aromatic N) is 3. The zero-order chi connectivity index (χ0) is 23.0. The summed E-state index contributed by atoms with van der Waals surface area (Å²) in [6.45, 7) is 2.16. The van der Waals surface area contributed by atoms with E-state index in [-0.39, 0.29) is 24.2 Å². The number of aromatic nitrogens is 2. The third kappa shape index (κ3) is 6.86. The van der Waals surface area contributed by atoms with E-state index in [9.17, 15) is 4.79 Å². The van der Waals surface area contributed by atoms with Crippen molar-refractivity contribution in [1.29, 1.82) is 0 Å². The maximum atomic E-state index is 13.1. The number of rotatable bonds is 9. The first kappa shape index (κ1) is 23.4. The largest absolute Gasteiger partial charge is 0.406 e. The van der Waals surface area contributed by atoms with Crippen molar-refractivity contribution in [3.05, 3.63) is 65.0 Å². The molecule has 0 radical (unpaired) electrons. The number of carbonyl (C=O) groups is 1. The van der Waals surface area contributed by atoms with Gasteiger partial charge in [-0.1, -0.05) is 41.0 Å². The molecule has 0 spiro atoms. The minimum atomic E-state index is -0.0684. The number of nitrogen functional groups attached to an aromatic ring is 1. The molecule has 1 amide bonds. The van der Waals surface area contributed by atoms with E-state index in [0.29, 0.717) is 23.5 Å². The maximum Gasteiger partial charge on any atom is 0.312 e. The minimum absolute atomic E-state index is 0.0219. The van der Waals surface area contributed by atoms with Gasteiger partial charge in [0.05, 0.1) is 17.3 Å². The Labute approximate surface area is 201 Å². The second kappa shape index (κ2) is 11.4. The topological polar surface area (TPSA) is 107 Å². The minimum Gasteiger partial charge on any atom is -0.406 e. The van der Waals surface area contributed by atoms with Crippen LogP contribution in [0.4, 0.5) is 11.7 Å². The van der Waals surface area contributed by atoms with Gasteiger partial charge in [-0.05, 0) is 42.7 Å². The summed E-state index contributed by atoms with van der Waals surface area (Å²) < 4.78 is 10.7. The number of thioether (sulfide) groups is 1. The van der Waals surface area contributed by atoms with Crippen LogP contribution in [-0.4, -0.2) is 46.0 Å².